The summed E-state index contributed by atoms with van der Waals surface area (Å²) in [6.45, 7) is 5.95. The van der Waals surface area contributed by atoms with Crippen molar-refractivity contribution >= 4 is 22.4 Å². The maximum Gasteiger partial charge on any atom is 0.291 e. The summed E-state index contributed by atoms with van der Waals surface area (Å²) in [5.41, 5.74) is 5.55. The Kier molecular flexibility index (Phi) is 4.42. The number of amides is 1. The van der Waals surface area contributed by atoms with Crippen LogP contribution in [0.1, 0.15) is 48.4 Å². The predicted molar refractivity (Wildman–Crippen MR) is 96.3 cm³/mol. The van der Waals surface area contributed by atoms with Gasteiger partial charge in [0.05, 0.1) is 5.71 Å². The van der Waals surface area contributed by atoms with Crippen LogP contribution in [-0.2, 0) is 0 Å². The Morgan fingerprint density at radius 2 is 1.88 bits per heavy atom. The highest BCUT2D eigenvalue weighted by molar-refractivity contribution is 6.03. The van der Waals surface area contributed by atoms with Crippen molar-refractivity contribution in [3.63, 3.8) is 0 Å². The molecule has 2 N–H and O–H groups in total. The summed E-state index contributed by atoms with van der Waals surface area (Å²) in [5, 5.41) is 13.4. The zero-order chi connectivity index (χ0) is 17.1. The second kappa shape index (κ2) is 6.66. The minimum absolute atomic E-state index is 0.293. The second-order valence-electron chi connectivity index (χ2n) is 6.06. The van der Waals surface area contributed by atoms with E-state index in [9.17, 15) is 4.79 Å². The first kappa shape index (κ1) is 15.9. The average molecular weight is 320 g/mol. The molecule has 0 aliphatic heterocycles. The molecule has 0 saturated carbocycles. The monoisotopic (exact) mass is 320 g/mol. The first-order chi connectivity index (χ1) is 11.5. The number of H-pyrrole nitrogens is 1. The van der Waals surface area contributed by atoms with E-state index in [-0.39, 0.29) is 5.91 Å². The minimum Gasteiger partial charge on any atom is -0.282 e. The summed E-state index contributed by atoms with van der Waals surface area (Å²) in [7, 11) is 0. The number of rotatable bonds is 4. The van der Waals surface area contributed by atoms with Crippen LogP contribution in [0.25, 0.3) is 10.8 Å². The SMILES string of the molecule is C/C(=N\NC(=O)c1cc(C(C)C)[nH]n1)c1ccc2ccccc2c1. The number of nitrogens with zero attached hydrogens (tertiary/aromatic N) is 2. The smallest absolute Gasteiger partial charge is 0.282 e. The molecule has 0 bridgehead atoms. The van der Waals surface area contributed by atoms with Gasteiger partial charge in [-0.3, -0.25) is 9.89 Å². The van der Waals surface area contributed by atoms with Crippen molar-refractivity contribution in [2.75, 3.05) is 0 Å². The fourth-order valence-electron chi connectivity index (χ4n) is 2.42. The van der Waals surface area contributed by atoms with Gasteiger partial charge in [-0.05, 0) is 41.3 Å². The molecule has 0 atom stereocenters. The van der Waals surface area contributed by atoms with E-state index in [2.05, 4.69) is 38.9 Å². The number of carbonyl (C=O) groups is 1. The molecule has 2 aromatic carbocycles. The number of benzene rings is 2. The maximum atomic E-state index is 12.1. The lowest BCUT2D eigenvalue weighted by atomic mass is 10.0. The fourth-order valence-corrected chi connectivity index (χ4v) is 2.42. The Morgan fingerprint density at radius 1 is 1.12 bits per heavy atom. The van der Waals surface area contributed by atoms with Gasteiger partial charge in [0.25, 0.3) is 5.91 Å². The molecule has 0 spiro atoms. The van der Waals surface area contributed by atoms with Gasteiger partial charge in [-0.15, -0.1) is 0 Å². The Hall–Kier alpha value is -2.95. The molecular weight excluding hydrogens is 300 g/mol. The van der Waals surface area contributed by atoms with Crippen LogP contribution in [0.3, 0.4) is 0 Å². The molecule has 24 heavy (non-hydrogen) atoms. The summed E-state index contributed by atoms with van der Waals surface area (Å²) >= 11 is 0. The van der Waals surface area contributed by atoms with Crippen LogP contribution < -0.4 is 5.43 Å². The third kappa shape index (κ3) is 3.35. The van der Waals surface area contributed by atoms with Gasteiger partial charge in [0.15, 0.2) is 5.69 Å². The van der Waals surface area contributed by atoms with Crippen LogP contribution in [0.4, 0.5) is 0 Å². The number of hydrogen-bond donors (Lipinski definition) is 2. The number of aromatic amines is 1. The van der Waals surface area contributed by atoms with Gasteiger partial charge in [0.1, 0.15) is 0 Å². The van der Waals surface area contributed by atoms with Crippen LogP contribution in [0.5, 0.6) is 0 Å². The van der Waals surface area contributed by atoms with E-state index < -0.39 is 0 Å². The molecule has 0 fully saturated rings. The predicted octanol–water partition coefficient (Wildman–Crippen LogP) is 3.84. The Balaban J connectivity index is 1.75. The number of aromatic nitrogens is 2. The van der Waals surface area contributed by atoms with Crippen LogP contribution in [0.2, 0.25) is 0 Å². The number of hydrogen-bond acceptors (Lipinski definition) is 3. The highest BCUT2D eigenvalue weighted by Gasteiger charge is 2.11. The molecule has 1 aromatic heterocycles. The third-order valence-corrected chi connectivity index (χ3v) is 3.94. The normalized spacial score (nSPS) is 11.9. The zero-order valence-corrected chi connectivity index (χ0v) is 14.0. The van der Waals surface area contributed by atoms with Crippen LogP contribution in [0, 0.1) is 0 Å². The first-order valence-electron chi connectivity index (χ1n) is 7.93. The van der Waals surface area contributed by atoms with E-state index in [1.165, 1.54) is 5.39 Å². The van der Waals surface area contributed by atoms with E-state index in [0.717, 1.165) is 22.4 Å². The van der Waals surface area contributed by atoms with Gasteiger partial charge in [0, 0.05) is 5.69 Å². The lowest BCUT2D eigenvalue weighted by Crippen LogP contribution is -2.19. The third-order valence-electron chi connectivity index (χ3n) is 3.94. The van der Waals surface area contributed by atoms with Gasteiger partial charge in [-0.2, -0.15) is 10.2 Å². The molecule has 122 valence electrons. The number of nitrogens with one attached hydrogen (secondary N) is 2. The van der Waals surface area contributed by atoms with Crippen molar-refractivity contribution in [2.24, 2.45) is 5.10 Å². The van der Waals surface area contributed by atoms with Gasteiger partial charge in [0.2, 0.25) is 0 Å². The molecule has 0 aliphatic rings. The molecule has 5 heteroatoms. The van der Waals surface area contributed by atoms with Crippen LogP contribution in [-0.4, -0.2) is 21.8 Å². The van der Waals surface area contributed by atoms with Gasteiger partial charge < -0.3 is 0 Å². The lowest BCUT2D eigenvalue weighted by molar-refractivity contribution is 0.0950. The lowest BCUT2D eigenvalue weighted by Gasteiger charge is -2.04. The highest BCUT2D eigenvalue weighted by Crippen LogP contribution is 2.16. The Bertz CT molecular complexity index is 908. The average Bonchev–Trinajstić information content (AvgIpc) is 3.09. The van der Waals surface area contributed by atoms with Crippen molar-refractivity contribution < 1.29 is 4.79 Å². The summed E-state index contributed by atoms with van der Waals surface area (Å²) < 4.78 is 0. The van der Waals surface area contributed by atoms with Crippen molar-refractivity contribution in [2.45, 2.75) is 26.7 Å². The molecular formula is C19H20N4O. The van der Waals surface area contributed by atoms with E-state index in [0.29, 0.717) is 11.6 Å². The van der Waals surface area contributed by atoms with Crippen molar-refractivity contribution in [1.82, 2.24) is 15.6 Å². The quantitative estimate of drug-likeness (QED) is 0.566. The standard InChI is InChI=1S/C19H20N4O/c1-12(2)17-11-18(22-21-17)19(24)23-20-13(3)15-9-8-14-6-4-5-7-16(14)10-15/h4-12H,1-3H3,(H,21,22)(H,23,24)/b20-13+. The second-order valence-corrected chi connectivity index (χ2v) is 6.06. The minimum atomic E-state index is -0.321. The van der Waals surface area contributed by atoms with Gasteiger partial charge in [-0.25, -0.2) is 5.43 Å². The fraction of sp³-hybridized carbons (Fsp3) is 0.211. The topological polar surface area (TPSA) is 70.1 Å². The van der Waals surface area contributed by atoms with Gasteiger partial charge in [-0.1, -0.05) is 50.2 Å². The van der Waals surface area contributed by atoms with Crippen molar-refractivity contribution in [3.8, 4) is 0 Å². The summed E-state index contributed by atoms with van der Waals surface area (Å²) in [6.07, 6.45) is 0. The molecule has 0 saturated heterocycles. The van der Waals surface area contributed by atoms with Crippen LogP contribution >= 0.6 is 0 Å². The molecule has 0 aliphatic carbocycles. The van der Waals surface area contributed by atoms with E-state index in [1.54, 1.807) is 6.07 Å². The molecule has 0 unspecified atom stereocenters. The molecule has 5 nitrogen and oxygen atoms in total. The van der Waals surface area contributed by atoms with Crippen LogP contribution in [0.15, 0.2) is 53.6 Å². The molecule has 0 radical (unpaired) electrons. The Labute approximate surface area is 140 Å². The Morgan fingerprint density at radius 3 is 2.58 bits per heavy atom. The summed E-state index contributed by atoms with van der Waals surface area (Å²) in [5.74, 6) is -0.0276. The number of hydrazone groups is 1. The summed E-state index contributed by atoms with van der Waals surface area (Å²) in [6, 6.07) is 16.0. The number of fused-ring (bicyclic) bond motifs is 1. The molecule has 3 rings (SSSR count). The zero-order valence-electron chi connectivity index (χ0n) is 14.0. The molecule has 1 amide bonds. The first-order valence-corrected chi connectivity index (χ1v) is 7.93. The highest BCUT2D eigenvalue weighted by atomic mass is 16.2. The maximum absolute atomic E-state index is 12.1. The number of carbonyl (C=O) groups excluding carboxylic acids is 1. The molecule has 1 heterocycles. The van der Waals surface area contributed by atoms with Gasteiger partial charge >= 0.3 is 0 Å². The van der Waals surface area contributed by atoms with E-state index in [4.69, 9.17) is 0 Å². The van der Waals surface area contributed by atoms with Crippen molar-refractivity contribution in [1.29, 1.82) is 0 Å². The van der Waals surface area contributed by atoms with Crippen molar-refractivity contribution in [3.05, 3.63) is 65.5 Å². The molecule has 3 aromatic rings. The van der Waals surface area contributed by atoms with E-state index >= 15 is 0 Å². The summed E-state index contributed by atoms with van der Waals surface area (Å²) in [4.78, 5) is 12.1. The van der Waals surface area contributed by atoms with E-state index in [1.807, 2.05) is 45.0 Å². The largest absolute Gasteiger partial charge is 0.291 e.